The fourth-order valence-electron chi connectivity index (χ4n) is 3.90. The number of piperidine rings is 1. The Morgan fingerprint density at radius 2 is 1.71 bits per heavy atom. The van der Waals surface area contributed by atoms with Gasteiger partial charge >= 0.3 is 6.03 Å². The smallest absolute Gasteiger partial charge is 0.320 e. The number of amides is 3. The average Bonchev–Trinajstić information content (AvgIpc) is 3.30. The number of likely N-dealkylation sites (tertiary alicyclic amines) is 2. The largest absolute Gasteiger partial charge is 0.349 e. The van der Waals surface area contributed by atoms with Gasteiger partial charge in [0.1, 0.15) is 0 Å². The first-order chi connectivity index (χ1) is 11.0. The summed E-state index contributed by atoms with van der Waals surface area (Å²) in [6.07, 6.45) is 6.26. The van der Waals surface area contributed by atoms with Crippen LogP contribution in [-0.2, 0) is 4.79 Å². The topological polar surface area (TPSA) is 78.7 Å². The van der Waals surface area contributed by atoms with Crippen LogP contribution in [0.4, 0.5) is 4.79 Å². The third-order valence-corrected chi connectivity index (χ3v) is 5.75. The van der Waals surface area contributed by atoms with Crippen molar-refractivity contribution in [2.24, 2.45) is 17.6 Å². The molecule has 0 spiro atoms. The molecule has 2 unspecified atom stereocenters. The fourth-order valence-corrected chi connectivity index (χ4v) is 3.90. The maximum absolute atomic E-state index is 12.7. The van der Waals surface area contributed by atoms with E-state index in [0.717, 1.165) is 58.2 Å². The third-order valence-electron chi connectivity index (χ3n) is 5.75. The van der Waals surface area contributed by atoms with E-state index in [4.69, 9.17) is 5.73 Å². The van der Waals surface area contributed by atoms with Gasteiger partial charge in [-0.1, -0.05) is 0 Å². The van der Waals surface area contributed by atoms with E-state index in [9.17, 15) is 9.59 Å². The van der Waals surface area contributed by atoms with Crippen LogP contribution in [0.3, 0.4) is 0 Å². The van der Waals surface area contributed by atoms with Crippen molar-refractivity contribution in [3.8, 4) is 0 Å². The number of rotatable bonds is 4. The van der Waals surface area contributed by atoms with E-state index in [1.54, 1.807) is 0 Å². The molecule has 3 aliphatic rings. The highest BCUT2D eigenvalue weighted by atomic mass is 35.5. The number of urea groups is 1. The van der Waals surface area contributed by atoms with E-state index in [0.29, 0.717) is 19.0 Å². The monoisotopic (exact) mass is 358 g/mol. The number of carbonyl (C=O) groups excluding carboxylic acids is 2. The highest BCUT2D eigenvalue weighted by Gasteiger charge is 2.43. The maximum Gasteiger partial charge on any atom is 0.320 e. The molecule has 2 atom stereocenters. The van der Waals surface area contributed by atoms with Crippen LogP contribution in [0.15, 0.2) is 0 Å². The molecule has 1 saturated carbocycles. The standard InChI is InChI=1S/C17H30N4O2.ClH/c1-17(12-18,14-6-7-14)19-15(22)13-5-4-10-21(11-13)16(23)20-8-2-3-9-20;/h13-14H,2-12,18H2,1H3,(H,19,22);1H. The van der Waals surface area contributed by atoms with Crippen LogP contribution in [0, 0.1) is 11.8 Å². The molecule has 2 heterocycles. The zero-order chi connectivity index (χ0) is 16.4. The van der Waals surface area contributed by atoms with Crippen LogP contribution in [-0.4, -0.2) is 60.0 Å². The highest BCUT2D eigenvalue weighted by Crippen LogP contribution is 2.39. The van der Waals surface area contributed by atoms with Crippen LogP contribution >= 0.6 is 12.4 Å². The Balaban J connectivity index is 0.00000208. The molecule has 0 bridgehead atoms. The van der Waals surface area contributed by atoms with Gasteiger partial charge in [-0.15, -0.1) is 12.4 Å². The quantitative estimate of drug-likeness (QED) is 0.800. The van der Waals surface area contributed by atoms with Gasteiger partial charge in [-0.3, -0.25) is 4.79 Å². The lowest BCUT2D eigenvalue weighted by molar-refractivity contribution is -0.128. The summed E-state index contributed by atoms with van der Waals surface area (Å²) in [5, 5.41) is 3.19. The predicted molar refractivity (Wildman–Crippen MR) is 96.1 cm³/mol. The Hall–Kier alpha value is -1.01. The van der Waals surface area contributed by atoms with Crippen molar-refractivity contribution in [1.82, 2.24) is 15.1 Å². The van der Waals surface area contributed by atoms with E-state index >= 15 is 0 Å². The molecule has 6 nitrogen and oxygen atoms in total. The molecular formula is C17H31ClN4O2. The molecule has 7 heteroatoms. The minimum Gasteiger partial charge on any atom is -0.349 e. The molecular weight excluding hydrogens is 328 g/mol. The first kappa shape index (κ1) is 19.3. The second-order valence-corrected chi connectivity index (χ2v) is 7.65. The molecule has 3 rings (SSSR count). The van der Waals surface area contributed by atoms with E-state index in [-0.39, 0.29) is 35.8 Å². The number of nitrogens with one attached hydrogen (secondary N) is 1. The zero-order valence-electron chi connectivity index (χ0n) is 14.6. The molecule has 2 saturated heterocycles. The molecule has 24 heavy (non-hydrogen) atoms. The summed E-state index contributed by atoms with van der Waals surface area (Å²) in [5.74, 6) is 0.492. The number of nitrogens with zero attached hydrogens (tertiary/aromatic N) is 2. The molecule has 0 radical (unpaired) electrons. The lowest BCUT2D eigenvalue weighted by Gasteiger charge is -2.37. The van der Waals surface area contributed by atoms with Crippen molar-refractivity contribution in [3.05, 3.63) is 0 Å². The summed E-state index contributed by atoms with van der Waals surface area (Å²) in [6.45, 7) is 5.58. The Morgan fingerprint density at radius 3 is 2.29 bits per heavy atom. The second kappa shape index (κ2) is 7.91. The van der Waals surface area contributed by atoms with Crippen molar-refractivity contribution in [2.45, 2.75) is 51.0 Å². The minimum absolute atomic E-state index is 0. The lowest BCUT2D eigenvalue weighted by atomic mass is 9.92. The summed E-state index contributed by atoms with van der Waals surface area (Å²) in [5.41, 5.74) is 5.62. The van der Waals surface area contributed by atoms with Gasteiger partial charge in [0.25, 0.3) is 0 Å². The van der Waals surface area contributed by atoms with E-state index in [1.807, 2.05) is 9.80 Å². The third kappa shape index (κ3) is 4.14. The van der Waals surface area contributed by atoms with Gasteiger partial charge in [0.05, 0.1) is 11.5 Å². The molecule has 3 amide bonds. The maximum atomic E-state index is 12.7. The van der Waals surface area contributed by atoms with Crippen molar-refractivity contribution in [2.75, 3.05) is 32.7 Å². The highest BCUT2D eigenvalue weighted by molar-refractivity contribution is 5.85. The fraction of sp³-hybridized carbons (Fsp3) is 0.882. The lowest BCUT2D eigenvalue weighted by Crippen LogP contribution is -2.57. The van der Waals surface area contributed by atoms with Crippen molar-refractivity contribution in [1.29, 1.82) is 0 Å². The van der Waals surface area contributed by atoms with Crippen molar-refractivity contribution in [3.63, 3.8) is 0 Å². The van der Waals surface area contributed by atoms with Crippen LogP contribution in [0.1, 0.15) is 45.4 Å². The number of nitrogens with two attached hydrogens (primary N) is 1. The molecule has 0 aromatic carbocycles. The Kier molecular flexibility index (Phi) is 6.37. The van der Waals surface area contributed by atoms with Crippen molar-refractivity contribution >= 4 is 24.3 Å². The zero-order valence-corrected chi connectivity index (χ0v) is 15.4. The summed E-state index contributed by atoms with van der Waals surface area (Å²) < 4.78 is 0. The normalized spacial score (nSPS) is 26.5. The van der Waals surface area contributed by atoms with E-state index in [1.165, 1.54) is 0 Å². The number of hydrogen-bond acceptors (Lipinski definition) is 3. The number of hydrogen-bond donors (Lipinski definition) is 2. The Labute approximate surface area is 150 Å². The minimum atomic E-state index is -0.279. The molecule has 1 aliphatic carbocycles. The molecule has 3 fully saturated rings. The van der Waals surface area contributed by atoms with Crippen molar-refractivity contribution < 1.29 is 9.59 Å². The Morgan fingerprint density at radius 1 is 1.08 bits per heavy atom. The second-order valence-electron chi connectivity index (χ2n) is 7.65. The van der Waals surface area contributed by atoms with Gasteiger partial charge in [-0.25, -0.2) is 4.79 Å². The van der Waals surface area contributed by atoms with Gasteiger partial charge in [0.15, 0.2) is 0 Å². The predicted octanol–water partition coefficient (Wildman–Crippen LogP) is 1.58. The van der Waals surface area contributed by atoms with Gasteiger partial charge in [0, 0.05) is 32.7 Å². The first-order valence-corrected chi connectivity index (χ1v) is 9.09. The summed E-state index contributed by atoms with van der Waals surface area (Å²) in [7, 11) is 0. The van der Waals surface area contributed by atoms with Gasteiger partial charge in [-0.05, 0) is 51.4 Å². The number of carbonyl (C=O) groups is 2. The summed E-state index contributed by atoms with van der Waals surface area (Å²) in [4.78, 5) is 29.0. The Bertz CT molecular complexity index is 466. The van der Waals surface area contributed by atoms with Crippen LogP contribution in [0.25, 0.3) is 0 Å². The molecule has 0 aromatic rings. The van der Waals surface area contributed by atoms with Gasteiger partial charge < -0.3 is 20.9 Å². The van der Waals surface area contributed by atoms with Crippen LogP contribution < -0.4 is 11.1 Å². The van der Waals surface area contributed by atoms with E-state index < -0.39 is 0 Å². The average molecular weight is 359 g/mol. The molecule has 3 N–H and O–H groups in total. The first-order valence-electron chi connectivity index (χ1n) is 9.09. The number of halogens is 1. The van der Waals surface area contributed by atoms with Crippen LogP contribution in [0.2, 0.25) is 0 Å². The summed E-state index contributed by atoms with van der Waals surface area (Å²) in [6, 6.07) is 0.115. The van der Waals surface area contributed by atoms with Gasteiger partial charge in [-0.2, -0.15) is 0 Å². The molecule has 0 aromatic heterocycles. The molecule has 2 aliphatic heterocycles. The summed E-state index contributed by atoms with van der Waals surface area (Å²) >= 11 is 0. The van der Waals surface area contributed by atoms with Crippen LogP contribution in [0.5, 0.6) is 0 Å². The van der Waals surface area contributed by atoms with E-state index in [2.05, 4.69) is 12.2 Å². The van der Waals surface area contributed by atoms with Gasteiger partial charge in [0.2, 0.25) is 5.91 Å². The molecule has 138 valence electrons. The SMILES string of the molecule is CC(CN)(NC(=O)C1CCCN(C(=O)N2CCCC2)C1)C1CC1.Cl.